The van der Waals surface area contributed by atoms with Crippen molar-refractivity contribution in [3.05, 3.63) is 23.5 Å². The average molecular weight is 304 g/mol. The van der Waals surface area contributed by atoms with Crippen LogP contribution in [0, 0.1) is 11.7 Å². The molecule has 3 N–H and O–H groups in total. The van der Waals surface area contributed by atoms with Crippen LogP contribution in [0.3, 0.4) is 0 Å². The number of hydrogen-bond donors (Lipinski definition) is 2. The van der Waals surface area contributed by atoms with Crippen LogP contribution in [0.5, 0.6) is 0 Å². The Morgan fingerprint density at radius 2 is 2.18 bits per heavy atom. The number of fused-ring (bicyclic) bond motifs is 4. The molecule has 7 heteroatoms. The quantitative estimate of drug-likeness (QED) is 0.875. The van der Waals surface area contributed by atoms with E-state index in [1.165, 1.54) is 12.1 Å². The number of nitrogens with two attached hydrogens (primary N) is 1. The van der Waals surface area contributed by atoms with Gasteiger partial charge in [0.25, 0.3) is 11.9 Å². The number of anilines is 1. The number of carbonyl (C=O) groups excluding carboxylic acids is 1. The van der Waals surface area contributed by atoms with E-state index in [0.29, 0.717) is 11.5 Å². The van der Waals surface area contributed by atoms with E-state index in [9.17, 15) is 9.18 Å². The number of oxazole rings is 1. The van der Waals surface area contributed by atoms with Gasteiger partial charge >= 0.3 is 0 Å². The molecule has 6 nitrogen and oxygen atoms in total. The molecular weight excluding hydrogens is 287 g/mol. The highest BCUT2D eigenvalue weighted by Crippen LogP contribution is 2.28. The van der Waals surface area contributed by atoms with Crippen molar-refractivity contribution in [3.63, 3.8) is 0 Å². The maximum atomic E-state index is 13.7. The molecular formula is C15H17FN4O2. The summed E-state index contributed by atoms with van der Waals surface area (Å²) in [5, 5.41) is 3.06. The Labute approximate surface area is 126 Å². The molecule has 4 heterocycles. The fraction of sp³-hybridized carbons (Fsp3) is 0.467. The van der Waals surface area contributed by atoms with Crippen LogP contribution < -0.4 is 11.1 Å². The first-order chi connectivity index (χ1) is 10.6. The van der Waals surface area contributed by atoms with Gasteiger partial charge in [0.05, 0.1) is 5.56 Å². The first kappa shape index (κ1) is 13.5. The summed E-state index contributed by atoms with van der Waals surface area (Å²) in [6, 6.07) is 2.63. The van der Waals surface area contributed by atoms with Crippen molar-refractivity contribution in [1.29, 1.82) is 0 Å². The van der Waals surface area contributed by atoms with Crippen molar-refractivity contribution in [1.82, 2.24) is 15.2 Å². The second-order valence-electron chi connectivity index (χ2n) is 6.04. The van der Waals surface area contributed by atoms with Gasteiger partial charge in [-0.3, -0.25) is 4.79 Å². The molecule has 0 saturated carbocycles. The Kier molecular flexibility index (Phi) is 3.04. The van der Waals surface area contributed by atoms with Crippen LogP contribution in [0.4, 0.5) is 10.4 Å². The summed E-state index contributed by atoms with van der Waals surface area (Å²) in [4.78, 5) is 18.8. The largest absolute Gasteiger partial charge is 0.421 e. The van der Waals surface area contributed by atoms with Gasteiger partial charge in [0, 0.05) is 12.6 Å². The van der Waals surface area contributed by atoms with Gasteiger partial charge in [-0.05, 0) is 44.0 Å². The van der Waals surface area contributed by atoms with Crippen molar-refractivity contribution in [3.8, 4) is 0 Å². The highest BCUT2D eigenvalue weighted by atomic mass is 19.1. The Hall–Kier alpha value is -2.15. The normalized spacial score (nSPS) is 27.2. The van der Waals surface area contributed by atoms with Crippen LogP contribution in [0.1, 0.15) is 23.2 Å². The van der Waals surface area contributed by atoms with E-state index in [-0.39, 0.29) is 29.1 Å². The number of rotatable bonds is 2. The summed E-state index contributed by atoms with van der Waals surface area (Å²) in [5.74, 6) is -0.303. The van der Waals surface area contributed by atoms with E-state index in [1.54, 1.807) is 0 Å². The van der Waals surface area contributed by atoms with Crippen LogP contribution in [0.15, 0.2) is 16.5 Å². The van der Waals surface area contributed by atoms with Crippen molar-refractivity contribution in [2.24, 2.45) is 5.92 Å². The predicted octanol–water partition coefficient (Wildman–Crippen LogP) is 1.37. The minimum Gasteiger partial charge on any atom is -0.421 e. The lowest BCUT2D eigenvalue weighted by Crippen LogP contribution is -2.57. The lowest BCUT2D eigenvalue weighted by Gasteiger charge is -2.44. The third-order valence-corrected chi connectivity index (χ3v) is 4.73. The molecule has 3 aliphatic rings. The first-order valence-electron chi connectivity index (χ1n) is 7.49. The van der Waals surface area contributed by atoms with Crippen molar-refractivity contribution >= 4 is 23.0 Å². The molecule has 2 bridgehead atoms. The molecule has 22 heavy (non-hydrogen) atoms. The standard InChI is InChI=1S/C15H17FN4O2/c16-10-2-1-9(12-13(10)22-15(17)19-12)14(21)18-11-7-20-5-3-8(11)4-6-20/h1-2,8,11H,3-7H2,(H2,17,19)(H,18,21). The summed E-state index contributed by atoms with van der Waals surface area (Å²) >= 11 is 0. The van der Waals surface area contributed by atoms with E-state index >= 15 is 0 Å². The smallest absolute Gasteiger partial charge is 0.293 e. The van der Waals surface area contributed by atoms with Gasteiger partial charge in [-0.15, -0.1) is 0 Å². The molecule has 1 unspecified atom stereocenters. The van der Waals surface area contributed by atoms with Gasteiger partial charge < -0.3 is 20.4 Å². The lowest BCUT2D eigenvalue weighted by atomic mass is 9.84. The molecule has 3 aliphatic heterocycles. The SMILES string of the molecule is Nc1nc2c(C(=O)NC3CN4CCC3CC4)ccc(F)c2o1. The van der Waals surface area contributed by atoms with Gasteiger partial charge in [-0.2, -0.15) is 4.98 Å². The van der Waals surface area contributed by atoms with Crippen molar-refractivity contribution < 1.29 is 13.6 Å². The summed E-state index contributed by atoms with van der Waals surface area (Å²) in [6.07, 6.45) is 2.22. The minimum absolute atomic E-state index is 0.0703. The monoisotopic (exact) mass is 304 g/mol. The Morgan fingerprint density at radius 1 is 1.41 bits per heavy atom. The second kappa shape index (κ2) is 4.95. The van der Waals surface area contributed by atoms with E-state index in [4.69, 9.17) is 10.2 Å². The predicted molar refractivity (Wildman–Crippen MR) is 78.8 cm³/mol. The number of carbonyl (C=O) groups is 1. The van der Waals surface area contributed by atoms with E-state index in [1.807, 2.05) is 0 Å². The van der Waals surface area contributed by atoms with Gasteiger partial charge in [-0.25, -0.2) is 4.39 Å². The maximum Gasteiger partial charge on any atom is 0.293 e. The number of benzene rings is 1. The Balaban J connectivity index is 1.62. The molecule has 0 radical (unpaired) electrons. The molecule has 1 amide bonds. The number of nitrogens with zero attached hydrogens (tertiary/aromatic N) is 2. The second-order valence-corrected chi connectivity index (χ2v) is 6.04. The van der Waals surface area contributed by atoms with Crippen molar-refractivity contribution in [2.75, 3.05) is 25.4 Å². The summed E-state index contributed by atoms with van der Waals surface area (Å²) in [7, 11) is 0. The number of aromatic nitrogens is 1. The number of piperidine rings is 3. The zero-order valence-electron chi connectivity index (χ0n) is 12.0. The molecule has 3 fully saturated rings. The zero-order valence-corrected chi connectivity index (χ0v) is 12.0. The molecule has 2 aromatic rings. The number of halogens is 1. The van der Waals surface area contributed by atoms with Gasteiger partial charge in [0.1, 0.15) is 5.52 Å². The Morgan fingerprint density at radius 3 is 2.86 bits per heavy atom. The third kappa shape index (κ3) is 2.12. The first-order valence-corrected chi connectivity index (χ1v) is 7.49. The molecule has 0 spiro atoms. The summed E-state index contributed by atoms with van der Waals surface area (Å²) < 4.78 is 18.7. The number of nitrogens with one attached hydrogen (secondary N) is 1. The van der Waals surface area contributed by atoms with Crippen LogP contribution in [0.2, 0.25) is 0 Å². The van der Waals surface area contributed by atoms with Crippen molar-refractivity contribution in [2.45, 2.75) is 18.9 Å². The fourth-order valence-electron chi connectivity index (χ4n) is 3.55. The van der Waals surface area contributed by atoms with Crippen LogP contribution in [-0.2, 0) is 0 Å². The molecule has 3 saturated heterocycles. The number of hydrogen-bond acceptors (Lipinski definition) is 5. The summed E-state index contributed by atoms with van der Waals surface area (Å²) in [6.45, 7) is 3.09. The third-order valence-electron chi connectivity index (χ3n) is 4.73. The molecule has 1 atom stereocenters. The van der Waals surface area contributed by atoms with E-state index in [0.717, 1.165) is 32.5 Å². The van der Waals surface area contributed by atoms with Crippen LogP contribution >= 0.6 is 0 Å². The van der Waals surface area contributed by atoms with Gasteiger partial charge in [0.2, 0.25) is 0 Å². The highest BCUT2D eigenvalue weighted by molar-refractivity contribution is 6.05. The molecule has 1 aromatic heterocycles. The van der Waals surface area contributed by atoms with Gasteiger partial charge in [0.15, 0.2) is 11.4 Å². The number of amides is 1. The lowest BCUT2D eigenvalue weighted by molar-refractivity contribution is 0.0621. The minimum atomic E-state index is -0.571. The maximum absolute atomic E-state index is 13.7. The average Bonchev–Trinajstić information content (AvgIpc) is 2.91. The fourth-order valence-corrected chi connectivity index (χ4v) is 3.55. The summed E-state index contributed by atoms with van der Waals surface area (Å²) in [5.41, 5.74) is 5.89. The zero-order chi connectivity index (χ0) is 15.3. The highest BCUT2D eigenvalue weighted by Gasteiger charge is 2.35. The topological polar surface area (TPSA) is 84.4 Å². The molecule has 0 aliphatic carbocycles. The molecule has 1 aromatic carbocycles. The van der Waals surface area contributed by atoms with Gasteiger partial charge in [-0.1, -0.05) is 0 Å². The van der Waals surface area contributed by atoms with E-state index in [2.05, 4.69) is 15.2 Å². The number of nitrogen functional groups attached to an aromatic ring is 1. The van der Waals surface area contributed by atoms with E-state index < -0.39 is 5.82 Å². The van der Waals surface area contributed by atoms with Crippen LogP contribution in [-0.4, -0.2) is 41.5 Å². The molecule has 116 valence electrons. The Bertz CT molecular complexity index is 736. The van der Waals surface area contributed by atoms with Crippen LogP contribution in [0.25, 0.3) is 11.1 Å². The molecule has 5 rings (SSSR count).